The van der Waals surface area contributed by atoms with Gasteiger partial charge in [0, 0.05) is 13.1 Å². The molecule has 1 N–H and O–H groups in total. The summed E-state index contributed by atoms with van der Waals surface area (Å²) in [5.41, 5.74) is 3.32. The first-order chi connectivity index (χ1) is 18.5. The first-order valence-corrected chi connectivity index (χ1v) is 13.1. The van der Waals surface area contributed by atoms with E-state index in [4.69, 9.17) is 9.47 Å². The van der Waals surface area contributed by atoms with Gasteiger partial charge in [-0.2, -0.15) is 0 Å². The van der Waals surface area contributed by atoms with Crippen molar-refractivity contribution >= 4 is 17.8 Å². The van der Waals surface area contributed by atoms with Crippen LogP contribution in [0.15, 0.2) is 84.9 Å². The predicted octanol–water partition coefficient (Wildman–Crippen LogP) is 4.40. The number of ether oxygens (including phenoxy) is 2. The Balaban J connectivity index is 1.33. The standard InChI is InChI=1S/C31H34N2O5/c1-2-28(38-26-17-15-25(16-18-26)24-13-7-4-8-14-24)31(36)33-20-19-32-30(35)27(33)22-29(34)37-21-9-12-23-10-5-3-6-11-23/h3-8,10-11,13-18,27-28H,2,9,12,19-22H2,1H3,(H,32,35). The summed E-state index contributed by atoms with van der Waals surface area (Å²) >= 11 is 0. The maximum Gasteiger partial charge on any atom is 0.308 e. The minimum atomic E-state index is -0.920. The van der Waals surface area contributed by atoms with Crippen molar-refractivity contribution in [2.24, 2.45) is 0 Å². The monoisotopic (exact) mass is 514 g/mol. The third kappa shape index (κ3) is 7.22. The Kier molecular flexibility index (Phi) is 9.51. The molecule has 1 aliphatic rings. The van der Waals surface area contributed by atoms with Crippen LogP contribution in [0.25, 0.3) is 11.1 Å². The highest BCUT2D eigenvalue weighted by atomic mass is 16.5. The molecule has 0 spiro atoms. The molecule has 2 atom stereocenters. The van der Waals surface area contributed by atoms with Gasteiger partial charge >= 0.3 is 5.97 Å². The average Bonchev–Trinajstić information content (AvgIpc) is 2.96. The number of rotatable bonds is 11. The van der Waals surface area contributed by atoms with Crippen LogP contribution in [-0.4, -0.2) is 54.5 Å². The van der Waals surface area contributed by atoms with Gasteiger partial charge in [-0.15, -0.1) is 0 Å². The lowest BCUT2D eigenvalue weighted by Gasteiger charge is -2.36. The van der Waals surface area contributed by atoms with Crippen molar-refractivity contribution in [2.75, 3.05) is 19.7 Å². The van der Waals surface area contributed by atoms with E-state index in [1.54, 1.807) is 0 Å². The number of aryl methyl sites for hydroxylation is 1. The zero-order valence-electron chi connectivity index (χ0n) is 21.7. The minimum absolute atomic E-state index is 0.189. The van der Waals surface area contributed by atoms with E-state index in [1.165, 1.54) is 10.5 Å². The average molecular weight is 515 g/mol. The number of amides is 2. The van der Waals surface area contributed by atoms with Crippen LogP contribution in [0.2, 0.25) is 0 Å². The molecule has 0 aromatic heterocycles. The van der Waals surface area contributed by atoms with Gasteiger partial charge in [0.1, 0.15) is 11.8 Å². The van der Waals surface area contributed by atoms with Gasteiger partial charge in [-0.1, -0.05) is 79.7 Å². The third-order valence-corrected chi connectivity index (χ3v) is 6.58. The zero-order chi connectivity index (χ0) is 26.7. The number of carbonyl (C=O) groups excluding carboxylic acids is 3. The Bertz CT molecular complexity index is 1200. The van der Waals surface area contributed by atoms with Crippen molar-refractivity contribution in [3.63, 3.8) is 0 Å². The first-order valence-electron chi connectivity index (χ1n) is 13.1. The van der Waals surface area contributed by atoms with E-state index in [1.807, 2.05) is 91.9 Å². The van der Waals surface area contributed by atoms with Crippen molar-refractivity contribution in [1.29, 1.82) is 0 Å². The molecule has 1 heterocycles. The van der Waals surface area contributed by atoms with E-state index in [0.29, 0.717) is 31.7 Å². The number of hydrogen-bond donors (Lipinski definition) is 1. The number of esters is 1. The summed E-state index contributed by atoms with van der Waals surface area (Å²) in [5.74, 6) is -0.589. The molecule has 198 valence electrons. The molecular formula is C31H34N2O5. The SMILES string of the molecule is CCC(Oc1ccc(-c2ccccc2)cc1)C(=O)N1CCNC(=O)C1CC(=O)OCCCc1ccccc1. The lowest BCUT2D eigenvalue weighted by molar-refractivity contribution is -0.154. The van der Waals surface area contributed by atoms with Crippen LogP contribution >= 0.6 is 0 Å². The molecule has 1 aliphatic heterocycles. The molecule has 4 rings (SSSR count). The van der Waals surface area contributed by atoms with Gasteiger partial charge in [0.2, 0.25) is 5.91 Å². The van der Waals surface area contributed by atoms with Crippen LogP contribution in [0.5, 0.6) is 5.75 Å². The molecule has 3 aromatic carbocycles. The summed E-state index contributed by atoms with van der Waals surface area (Å²) in [7, 11) is 0. The molecule has 2 unspecified atom stereocenters. The van der Waals surface area contributed by atoms with Crippen LogP contribution < -0.4 is 10.1 Å². The highest BCUT2D eigenvalue weighted by molar-refractivity contribution is 5.93. The van der Waals surface area contributed by atoms with Gasteiger partial charge in [0.15, 0.2) is 6.10 Å². The van der Waals surface area contributed by atoms with Gasteiger partial charge in [0.25, 0.3) is 5.91 Å². The molecule has 0 radical (unpaired) electrons. The molecule has 0 saturated carbocycles. The van der Waals surface area contributed by atoms with Gasteiger partial charge in [0.05, 0.1) is 13.0 Å². The number of carbonyl (C=O) groups is 3. The fraction of sp³-hybridized carbons (Fsp3) is 0.323. The van der Waals surface area contributed by atoms with E-state index in [-0.39, 0.29) is 24.8 Å². The highest BCUT2D eigenvalue weighted by Crippen LogP contribution is 2.24. The molecule has 0 bridgehead atoms. The largest absolute Gasteiger partial charge is 0.481 e. The van der Waals surface area contributed by atoms with E-state index < -0.39 is 18.1 Å². The lowest BCUT2D eigenvalue weighted by Crippen LogP contribution is -2.60. The van der Waals surface area contributed by atoms with Crippen molar-refractivity contribution < 1.29 is 23.9 Å². The number of nitrogens with one attached hydrogen (secondary N) is 1. The van der Waals surface area contributed by atoms with Crippen molar-refractivity contribution in [2.45, 2.75) is 44.8 Å². The third-order valence-electron chi connectivity index (χ3n) is 6.58. The van der Waals surface area contributed by atoms with Gasteiger partial charge in [-0.05, 0) is 48.1 Å². The van der Waals surface area contributed by atoms with Gasteiger partial charge < -0.3 is 19.7 Å². The number of benzene rings is 3. The Morgan fingerprint density at radius 3 is 2.29 bits per heavy atom. The number of piperazine rings is 1. The van der Waals surface area contributed by atoms with Crippen molar-refractivity contribution in [3.8, 4) is 16.9 Å². The summed E-state index contributed by atoms with van der Waals surface area (Å²) in [6.07, 6.45) is 0.946. The van der Waals surface area contributed by atoms with E-state index in [0.717, 1.165) is 17.5 Å². The first kappa shape index (κ1) is 26.9. The van der Waals surface area contributed by atoms with Gasteiger partial charge in [-0.3, -0.25) is 14.4 Å². The highest BCUT2D eigenvalue weighted by Gasteiger charge is 2.38. The fourth-order valence-electron chi connectivity index (χ4n) is 4.52. The molecule has 7 nitrogen and oxygen atoms in total. The van der Waals surface area contributed by atoms with Gasteiger partial charge in [-0.25, -0.2) is 0 Å². The van der Waals surface area contributed by atoms with E-state index in [2.05, 4.69) is 5.32 Å². The predicted molar refractivity (Wildman–Crippen MR) is 145 cm³/mol. The summed E-state index contributed by atoms with van der Waals surface area (Å²) in [6.45, 7) is 2.76. The van der Waals surface area contributed by atoms with Crippen LogP contribution in [0, 0.1) is 0 Å². The fourth-order valence-corrected chi connectivity index (χ4v) is 4.52. The molecule has 1 fully saturated rings. The van der Waals surface area contributed by atoms with Crippen LogP contribution in [0.3, 0.4) is 0 Å². The number of hydrogen-bond acceptors (Lipinski definition) is 5. The Labute approximate surface area is 223 Å². The minimum Gasteiger partial charge on any atom is -0.481 e. The molecule has 0 aliphatic carbocycles. The summed E-state index contributed by atoms with van der Waals surface area (Å²) < 4.78 is 11.4. The van der Waals surface area contributed by atoms with E-state index >= 15 is 0 Å². The second-order valence-electron chi connectivity index (χ2n) is 9.26. The lowest BCUT2D eigenvalue weighted by atomic mass is 10.1. The zero-order valence-corrected chi connectivity index (χ0v) is 21.7. The Morgan fingerprint density at radius 1 is 0.947 bits per heavy atom. The second kappa shape index (κ2) is 13.4. The Hall–Kier alpha value is -4.13. The van der Waals surface area contributed by atoms with E-state index in [9.17, 15) is 14.4 Å². The smallest absolute Gasteiger partial charge is 0.308 e. The molecule has 2 amide bonds. The molecule has 7 heteroatoms. The summed E-state index contributed by atoms with van der Waals surface area (Å²) in [4.78, 5) is 40.1. The van der Waals surface area contributed by atoms with Crippen LogP contribution in [0.1, 0.15) is 31.7 Å². The van der Waals surface area contributed by atoms with Crippen LogP contribution in [-0.2, 0) is 25.5 Å². The topological polar surface area (TPSA) is 84.9 Å². The van der Waals surface area contributed by atoms with Crippen LogP contribution in [0.4, 0.5) is 0 Å². The van der Waals surface area contributed by atoms with Crippen molar-refractivity contribution in [1.82, 2.24) is 10.2 Å². The maximum atomic E-state index is 13.4. The molecule has 38 heavy (non-hydrogen) atoms. The summed E-state index contributed by atoms with van der Waals surface area (Å²) in [6, 6.07) is 26.6. The number of nitrogens with zero attached hydrogens (tertiary/aromatic N) is 1. The molecule has 1 saturated heterocycles. The quantitative estimate of drug-likeness (QED) is 0.303. The normalized spacial score (nSPS) is 15.9. The van der Waals surface area contributed by atoms with Crippen molar-refractivity contribution in [3.05, 3.63) is 90.5 Å². The molecule has 3 aromatic rings. The molecular weight excluding hydrogens is 480 g/mol. The second-order valence-corrected chi connectivity index (χ2v) is 9.26. The maximum absolute atomic E-state index is 13.4. The summed E-state index contributed by atoms with van der Waals surface area (Å²) in [5, 5.41) is 2.76. The Morgan fingerprint density at radius 2 is 1.61 bits per heavy atom.